The summed E-state index contributed by atoms with van der Waals surface area (Å²) in [5, 5.41) is 6.58. The number of carbonyl (C=O) groups excluding carboxylic acids is 2. The van der Waals surface area contributed by atoms with Crippen LogP contribution in [0.4, 0.5) is 5.69 Å². The van der Waals surface area contributed by atoms with Crippen molar-refractivity contribution < 1.29 is 9.59 Å². The molecule has 0 saturated heterocycles. The van der Waals surface area contributed by atoms with Crippen LogP contribution >= 0.6 is 11.6 Å². The molecule has 3 aromatic rings. The third-order valence-electron chi connectivity index (χ3n) is 5.47. The molecule has 0 radical (unpaired) electrons. The zero-order valence-electron chi connectivity index (χ0n) is 18.5. The number of nitrogens with one attached hydrogen (secondary N) is 2. The van der Waals surface area contributed by atoms with Crippen molar-refractivity contribution in [3.05, 3.63) is 101 Å². The molecule has 0 heterocycles. The highest BCUT2D eigenvalue weighted by Crippen LogP contribution is 2.24. The Hall–Kier alpha value is -3.15. The van der Waals surface area contributed by atoms with E-state index in [0.717, 1.165) is 11.1 Å². The van der Waals surface area contributed by atoms with E-state index in [1.807, 2.05) is 92.5 Å². The lowest BCUT2D eigenvalue weighted by Crippen LogP contribution is -2.37. The molecule has 3 aromatic carbocycles. The lowest BCUT2D eigenvalue weighted by Gasteiger charge is -2.26. The number of carbonyl (C=O) groups is 2. The molecule has 0 saturated carbocycles. The Morgan fingerprint density at radius 3 is 2.34 bits per heavy atom. The van der Waals surface area contributed by atoms with E-state index in [0.29, 0.717) is 16.3 Å². The quantitative estimate of drug-likeness (QED) is 0.479. The fourth-order valence-electron chi connectivity index (χ4n) is 3.48. The molecule has 0 spiro atoms. The van der Waals surface area contributed by atoms with E-state index in [9.17, 15) is 9.59 Å². The number of halogens is 1. The first kappa shape index (κ1) is 23.5. The zero-order valence-corrected chi connectivity index (χ0v) is 19.3. The minimum atomic E-state index is -0.184. The normalized spacial score (nSPS) is 12.8. The Balaban J connectivity index is 1.60. The van der Waals surface area contributed by atoms with Crippen LogP contribution in [-0.2, 0) is 4.79 Å². The van der Waals surface area contributed by atoms with Crippen LogP contribution in [0.25, 0.3) is 0 Å². The summed E-state index contributed by atoms with van der Waals surface area (Å²) >= 11 is 6.24. The average molecular weight is 450 g/mol. The summed E-state index contributed by atoms with van der Waals surface area (Å²) in [4.78, 5) is 27.0. The highest BCUT2D eigenvalue weighted by molar-refractivity contribution is 6.31. The Kier molecular flexibility index (Phi) is 8.03. The van der Waals surface area contributed by atoms with E-state index in [1.165, 1.54) is 0 Å². The number of nitrogens with zero attached hydrogens (tertiary/aromatic N) is 1. The van der Waals surface area contributed by atoms with Gasteiger partial charge in [0.1, 0.15) is 0 Å². The van der Waals surface area contributed by atoms with Crippen LogP contribution in [0.5, 0.6) is 0 Å². The third kappa shape index (κ3) is 6.19. The van der Waals surface area contributed by atoms with E-state index >= 15 is 0 Å². The summed E-state index contributed by atoms with van der Waals surface area (Å²) in [5.74, 6) is -0.239. The first-order valence-corrected chi connectivity index (χ1v) is 10.9. The van der Waals surface area contributed by atoms with Gasteiger partial charge in [0, 0.05) is 22.3 Å². The number of hydrogen-bond acceptors (Lipinski definition) is 3. The van der Waals surface area contributed by atoms with Crippen molar-refractivity contribution in [2.45, 2.75) is 25.9 Å². The molecule has 6 heteroatoms. The Labute approximate surface area is 194 Å². The predicted molar refractivity (Wildman–Crippen MR) is 130 cm³/mol. The molecule has 32 heavy (non-hydrogen) atoms. The monoisotopic (exact) mass is 449 g/mol. The van der Waals surface area contributed by atoms with E-state index in [-0.39, 0.29) is 30.4 Å². The molecule has 2 N–H and O–H groups in total. The van der Waals surface area contributed by atoms with Gasteiger partial charge in [-0.15, -0.1) is 0 Å². The summed E-state index contributed by atoms with van der Waals surface area (Å²) in [6, 6.07) is 24.1. The molecule has 0 fully saturated rings. The number of rotatable bonds is 8. The minimum Gasteiger partial charge on any atom is -0.348 e. The second-order valence-corrected chi connectivity index (χ2v) is 8.25. The zero-order chi connectivity index (χ0) is 23.1. The summed E-state index contributed by atoms with van der Waals surface area (Å²) in [6.07, 6.45) is 0. The molecule has 166 valence electrons. The van der Waals surface area contributed by atoms with Crippen molar-refractivity contribution in [3.8, 4) is 0 Å². The van der Waals surface area contributed by atoms with Crippen molar-refractivity contribution >= 4 is 29.1 Å². The van der Waals surface area contributed by atoms with Gasteiger partial charge in [0.2, 0.25) is 5.91 Å². The molecule has 0 aliphatic rings. The van der Waals surface area contributed by atoms with Gasteiger partial charge in [0.05, 0.1) is 12.6 Å². The van der Waals surface area contributed by atoms with Gasteiger partial charge in [-0.05, 0) is 62.4 Å². The fourth-order valence-corrected chi connectivity index (χ4v) is 3.78. The van der Waals surface area contributed by atoms with Crippen molar-refractivity contribution in [2.75, 3.05) is 18.9 Å². The molecule has 0 bridgehead atoms. The highest BCUT2D eigenvalue weighted by Gasteiger charge is 2.18. The molecule has 2 atom stereocenters. The molecule has 5 nitrogen and oxygen atoms in total. The first-order chi connectivity index (χ1) is 15.3. The van der Waals surface area contributed by atoms with Gasteiger partial charge in [-0.25, -0.2) is 0 Å². The minimum absolute atomic E-state index is 0.0232. The predicted octanol–water partition coefficient (Wildman–Crippen LogP) is 5.46. The number of likely N-dealkylation sites (N-methyl/N-ethyl adjacent to an activating group) is 1. The smallest absolute Gasteiger partial charge is 0.255 e. The summed E-state index contributed by atoms with van der Waals surface area (Å²) in [7, 11) is 1.90. The van der Waals surface area contributed by atoms with Gasteiger partial charge in [0.25, 0.3) is 5.91 Å². The molecule has 2 amide bonds. The van der Waals surface area contributed by atoms with Gasteiger partial charge in [-0.1, -0.05) is 60.1 Å². The Bertz CT molecular complexity index is 1070. The molecule has 0 aliphatic carbocycles. The number of hydrogen-bond donors (Lipinski definition) is 2. The van der Waals surface area contributed by atoms with Crippen molar-refractivity contribution in [3.63, 3.8) is 0 Å². The van der Waals surface area contributed by atoms with E-state index < -0.39 is 0 Å². The molecule has 0 aromatic heterocycles. The van der Waals surface area contributed by atoms with Crippen molar-refractivity contribution in [2.24, 2.45) is 0 Å². The van der Waals surface area contributed by atoms with Crippen molar-refractivity contribution in [1.29, 1.82) is 0 Å². The summed E-state index contributed by atoms with van der Waals surface area (Å²) in [6.45, 7) is 4.18. The number of amides is 2. The van der Waals surface area contributed by atoms with Gasteiger partial charge < -0.3 is 10.6 Å². The number of benzene rings is 3. The molecule has 0 aliphatic heterocycles. The SMILES string of the molecule is C[C@H](NC(=O)CN(C)[C@@H](C)c1cccc(NC(=O)c2ccccc2)c1)c1ccccc1Cl. The van der Waals surface area contributed by atoms with E-state index in [2.05, 4.69) is 10.6 Å². The van der Waals surface area contributed by atoms with Crippen LogP contribution in [-0.4, -0.2) is 30.3 Å². The first-order valence-electron chi connectivity index (χ1n) is 10.6. The van der Waals surface area contributed by atoms with E-state index in [4.69, 9.17) is 11.6 Å². The topological polar surface area (TPSA) is 61.4 Å². The second-order valence-electron chi connectivity index (χ2n) is 7.85. The third-order valence-corrected chi connectivity index (χ3v) is 5.81. The largest absolute Gasteiger partial charge is 0.348 e. The van der Waals surface area contributed by atoms with Crippen LogP contribution in [0.15, 0.2) is 78.9 Å². The van der Waals surface area contributed by atoms with Gasteiger partial charge >= 0.3 is 0 Å². The van der Waals surface area contributed by atoms with Gasteiger partial charge in [-0.3, -0.25) is 14.5 Å². The molecule has 3 rings (SSSR count). The molecular weight excluding hydrogens is 422 g/mol. The summed E-state index contributed by atoms with van der Waals surface area (Å²) in [5.41, 5.74) is 3.21. The Morgan fingerprint density at radius 2 is 1.62 bits per heavy atom. The lowest BCUT2D eigenvalue weighted by molar-refractivity contribution is -0.123. The number of anilines is 1. The van der Waals surface area contributed by atoms with Crippen LogP contribution in [0.3, 0.4) is 0 Å². The second kappa shape index (κ2) is 10.9. The highest BCUT2D eigenvalue weighted by atomic mass is 35.5. The fraction of sp³-hybridized carbons (Fsp3) is 0.231. The average Bonchev–Trinajstić information content (AvgIpc) is 2.79. The van der Waals surface area contributed by atoms with Crippen LogP contribution < -0.4 is 10.6 Å². The van der Waals surface area contributed by atoms with Gasteiger partial charge in [-0.2, -0.15) is 0 Å². The van der Waals surface area contributed by atoms with E-state index in [1.54, 1.807) is 12.1 Å². The van der Waals surface area contributed by atoms with Crippen LogP contribution in [0.2, 0.25) is 5.02 Å². The van der Waals surface area contributed by atoms with Crippen molar-refractivity contribution in [1.82, 2.24) is 10.2 Å². The van der Waals surface area contributed by atoms with Gasteiger partial charge in [0.15, 0.2) is 0 Å². The Morgan fingerprint density at radius 1 is 0.938 bits per heavy atom. The van der Waals surface area contributed by atoms with Crippen LogP contribution in [0, 0.1) is 0 Å². The molecule has 0 unspecified atom stereocenters. The molecular formula is C26H28ClN3O2. The summed E-state index contributed by atoms with van der Waals surface area (Å²) < 4.78 is 0. The lowest BCUT2D eigenvalue weighted by atomic mass is 10.1. The maximum Gasteiger partial charge on any atom is 0.255 e. The maximum atomic E-state index is 12.6. The maximum absolute atomic E-state index is 12.6. The van der Waals surface area contributed by atoms with Crippen LogP contribution in [0.1, 0.15) is 47.4 Å². The standard InChI is InChI=1S/C26H28ClN3O2/c1-18(23-14-7-8-15-24(23)27)28-25(31)17-30(3)19(2)21-12-9-13-22(16-21)29-26(32)20-10-5-4-6-11-20/h4-16,18-19H,17H2,1-3H3,(H,28,31)(H,29,32)/t18-,19-/m0/s1.